The van der Waals surface area contributed by atoms with E-state index in [4.69, 9.17) is 0 Å². The van der Waals surface area contributed by atoms with Crippen LogP contribution in [-0.4, -0.2) is 21.5 Å². The van der Waals surface area contributed by atoms with Crippen molar-refractivity contribution in [3.63, 3.8) is 0 Å². The van der Waals surface area contributed by atoms with Crippen LogP contribution in [0, 0.1) is 10.1 Å². The molecule has 0 bridgehead atoms. The quantitative estimate of drug-likeness (QED) is 0.580. The van der Waals surface area contributed by atoms with E-state index in [0.717, 1.165) is 0 Å². The average Bonchev–Trinajstić information content (AvgIpc) is 2.26. The predicted octanol–water partition coefficient (Wildman–Crippen LogP) is 1.67. The van der Waals surface area contributed by atoms with Gasteiger partial charge >= 0.3 is 5.84 Å². The predicted molar refractivity (Wildman–Crippen MR) is 60.4 cm³/mol. The Morgan fingerprint density at radius 3 is 2.81 bits per heavy atom. The third kappa shape index (κ3) is 1.70. The van der Waals surface area contributed by atoms with Gasteiger partial charge in [-0.1, -0.05) is 4.91 Å². The smallest absolute Gasteiger partial charge is 0.339 e. The molecule has 0 atom stereocenters. The number of nitrogens with zero attached hydrogens (tertiary/aromatic N) is 4. The molecule has 6 heteroatoms. The number of amidine groups is 2. The van der Waals surface area contributed by atoms with Gasteiger partial charge in [-0.25, -0.2) is 4.99 Å². The van der Waals surface area contributed by atoms with Crippen molar-refractivity contribution in [2.75, 3.05) is 0 Å². The molecule has 0 fully saturated rings. The van der Waals surface area contributed by atoms with Crippen LogP contribution in [0.2, 0.25) is 0 Å². The molecule has 2 rings (SSSR count). The topological polar surface area (TPSA) is 71.1 Å². The zero-order valence-electron chi connectivity index (χ0n) is 8.91. The molecule has 0 unspecified atom stereocenters. The summed E-state index contributed by atoms with van der Waals surface area (Å²) >= 11 is 0. The third-order valence-electron chi connectivity index (χ3n) is 2.24. The number of hydrogen-bond acceptors (Lipinski definition) is 5. The maximum Gasteiger partial charge on any atom is 0.339 e. The Labute approximate surface area is 92.1 Å². The van der Waals surface area contributed by atoms with Crippen LogP contribution in [0.25, 0.3) is 0 Å². The Balaban J connectivity index is 2.45. The highest BCUT2D eigenvalue weighted by atomic mass is 16.5. The van der Waals surface area contributed by atoms with Gasteiger partial charge in [-0.2, -0.15) is 0 Å². The zero-order valence-corrected chi connectivity index (χ0v) is 8.91. The van der Waals surface area contributed by atoms with Gasteiger partial charge in [-0.05, 0) is 18.0 Å². The first-order valence-electron chi connectivity index (χ1n) is 4.72. The van der Waals surface area contributed by atoms with E-state index in [-0.39, 0.29) is 0 Å². The van der Waals surface area contributed by atoms with Gasteiger partial charge in [0.2, 0.25) is 5.70 Å². The minimum Gasteiger partial charge on any atom is -0.753 e. The van der Waals surface area contributed by atoms with E-state index in [9.17, 15) is 10.1 Å². The van der Waals surface area contributed by atoms with Crippen LogP contribution in [0.1, 0.15) is 13.8 Å². The molecule has 0 radical (unpaired) electrons. The minimum absolute atomic E-state index is 0.298. The summed E-state index contributed by atoms with van der Waals surface area (Å²) in [6.07, 6.45) is 5.93. The van der Waals surface area contributed by atoms with E-state index in [1.54, 1.807) is 19.9 Å². The molecule has 0 aliphatic carbocycles. The molecule has 16 heavy (non-hydrogen) atoms. The average molecular weight is 218 g/mol. The van der Waals surface area contributed by atoms with E-state index in [0.29, 0.717) is 32.9 Å². The molecule has 2 aliphatic rings. The Kier molecular flexibility index (Phi) is 2.49. The number of hydrogen-bond donors (Lipinski definition) is 0. The highest BCUT2D eigenvalue weighted by molar-refractivity contribution is 5.84. The molecule has 0 saturated heterocycles. The van der Waals surface area contributed by atoms with Crippen LogP contribution in [0.3, 0.4) is 0 Å². The fraction of sp³-hybridized carbons (Fsp3) is 0.200. The number of allylic oxidation sites excluding steroid dienone is 2. The van der Waals surface area contributed by atoms with Crippen LogP contribution >= 0.6 is 0 Å². The summed E-state index contributed by atoms with van der Waals surface area (Å²) in [6, 6.07) is 0. The first kappa shape index (κ1) is 10.4. The van der Waals surface area contributed by atoms with Crippen molar-refractivity contribution in [2.45, 2.75) is 13.8 Å². The molecule has 2 heterocycles. The molecular weight excluding hydrogens is 208 g/mol. The third-order valence-corrected chi connectivity index (χ3v) is 2.24. The molecule has 0 aromatic heterocycles. The molecule has 2 aliphatic heterocycles. The number of rotatable bonds is 0. The van der Waals surface area contributed by atoms with Crippen molar-refractivity contribution in [1.82, 2.24) is 5.06 Å². The molecule has 0 spiro atoms. The van der Waals surface area contributed by atoms with Gasteiger partial charge in [0.15, 0.2) is 0 Å². The lowest BCUT2D eigenvalue weighted by Crippen LogP contribution is -2.24. The Morgan fingerprint density at radius 2 is 2.12 bits per heavy atom. The van der Waals surface area contributed by atoms with Gasteiger partial charge < -0.3 is 10.3 Å². The molecule has 0 aromatic carbocycles. The van der Waals surface area contributed by atoms with Gasteiger partial charge in [0.1, 0.15) is 6.20 Å². The maximum absolute atomic E-state index is 11.7. The fourth-order valence-electron chi connectivity index (χ4n) is 1.35. The lowest BCUT2D eigenvalue weighted by molar-refractivity contribution is -0.352. The summed E-state index contributed by atoms with van der Waals surface area (Å²) in [5.74, 6) is 0.641. The maximum atomic E-state index is 11.7. The van der Waals surface area contributed by atoms with Crippen molar-refractivity contribution in [1.29, 1.82) is 0 Å². The van der Waals surface area contributed by atoms with Gasteiger partial charge in [-0.3, -0.25) is 0 Å². The molecule has 0 amide bonds. The first-order valence-corrected chi connectivity index (χ1v) is 4.72. The molecule has 6 nitrogen and oxygen atoms in total. The van der Waals surface area contributed by atoms with E-state index in [1.807, 2.05) is 0 Å². The number of aliphatic imine (C=N–C) groups is 2. The van der Waals surface area contributed by atoms with Gasteiger partial charge in [0.05, 0.1) is 11.5 Å². The van der Waals surface area contributed by atoms with Crippen molar-refractivity contribution < 1.29 is 4.76 Å². The van der Waals surface area contributed by atoms with E-state index < -0.39 is 0 Å². The summed E-state index contributed by atoms with van der Waals surface area (Å²) in [5.41, 5.74) is 0.848. The highest BCUT2D eigenvalue weighted by Crippen LogP contribution is 2.20. The first-order chi connectivity index (χ1) is 7.59. The van der Waals surface area contributed by atoms with E-state index >= 15 is 0 Å². The normalized spacial score (nSPS) is 24.7. The fourth-order valence-corrected chi connectivity index (χ4v) is 1.35. The summed E-state index contributed by atoms with van der Waals surface area (Å²) in [6.45, 7) is 3.19. The molecule has 82 valence electrons. The standard InChI is InChI=1S/C10H10N4O2/c1-7-11-5-3-10(14(7)16)9-4-6-13(15)8(2)12-9/h3-6H,1-2H3. The second-order valence-electron chi connectivity index (χ2n) is 3.36. The molecule has 0 saturated carbocycles. The van der Waals surface area contributed by atoms with Gasteiger partial charge in [0.25, 0.3) is 0 Å². The van der Waals surface area contributed by atoms with Gasteiger partial charge in [0, 0.05) is 24.0 Å². The molecular formula is C10H10N4O2. The molecule has 0 N–H and O–H groups in total. The second kappa shape index (κ2) is 3.82. The highest BCUT2D eigenvalue weighted by Gasteiger charge is 2.20. The largest absolute Gasteiger partial charge is 0.753 e. The van der Waals surface area contributed by atoms with Gasteiger partial charge in [-0.15, -0.1) is 0 Å². The molecule has 0 aromatic rings. The minimum atomic E-state index is 0.298. The number of hydroxylamine groups is 2. The lowest BCUT2D eigenvalue weighted by Gasteiger charge is -2.32. The summed E-state index contributed by atoms with van der Waals surface area (Å²) < 4.78 is 0.646. The lowest BCUT2D eigenvalue weighted by atomic mass is 10.2. The monoisotopic (exact) mass is 218 g/mol. The summed E-state index contributed by atoms with van der Waals surface area (Å²) in [7, 11) is 0. The van der Waals surface area contributed by atoms with E-state index in [2.05, 4.69) is 9.98 Å². The Bertz CT molecular complexity index is 497. The van der Waals surface area contributed by atoms with Crippen LogP contribution in [-0.2, 0) is 0 Å². The summed E-state index contributed by atoms with van der Waals surface area (Å²) in [4.78, 5) is 19.0. The van der Waals surface area contributed by atoms with Crippen LogP contribution < -0.4 is 0 Å². The SMILES string of the molecule is CC1=NC=CC(=C2C=C[N+](=O)C(C)=N2)N1[O-]. The summed E-state index contributed by atoms with van der Waals surface area (Å²) in [5, 5.41) is 12.4. The van der Waals surface area contributed by atoms with Crippen molar-refractivity contribution in [3.8, 4) is 0 Å². The van der Waals surface area contributed by atoms with Crippen LogP contribution in [0.15, 0.2) is 45.9 Å². The van der Waals surface area contributed by atoms with Crippen LogP contribution in [0.4, 0.5) is 0 Å². The Morgan fingerprint density at radius 1 is 1.38 bits per heavy atom. The van der Waals surface area contributed by atoms with E-state index in [1.165, 1.54) is 18.5 Å². The zero-order chi connectivity index (χ0) is 11.7. The Hall–Kier alpha value is -2.08. The van der Waals surface area contributed by atoms with Crippen LogP contribution in [0.5, 0.6) is 0 Å². The van der Waals surface area contributed by atoms with Crippen molar-refractivity contribution >= 4 is 11.7 Å². The second-order valence-corrected chi connectivity index (χ2v) is 3.36. The van der Waals surface area contributed by atoms with Crippen molar-refractivity contribution in [2.24, 2.45) is 9.98 Å². The number of nitroso groups, excluding NO2 is 1. The van der Waals surface area contributed by atoms with Crippen molar-refractivity contribution in [3.05, 3.63) is 46.1 Å².